The highest BCUT2D eigenvalue weighted by Crippen LogP contribution is 2.28. The van der Waals surface area contributed by atoms with Crippen LogP contribution in [-0.2, 0) is 4.79 Å². The molecule has 26 heavy (non-hydrogen) atoms. The third-order valence-electron chi connectivity index (χ3n) is 3.53. The quantitative estimate of drug-likeness (QED) is 0.664. The highest BCUT2D eigenvalue weighted by Gasteiger charge is 2.11. The normalized spacial score (nSPS) is 10.1. The van der Waals surface area contributed by atoms with Gasteiger partial charge in [0.1, 0.15) is 12.4 Å². The number of ether oxygens (including phenoxy) is 3. The molecule has 0 spiro atoms. The number of para-hydroxylation sites is 1. The summed E-state index contributed by atoms with van der Waals surface area (Å²) in [5.74, 6) is 0.612. The molecular weight excluding hydrogens is 336 g/mol. The molecule has 2 aromatic rings. The van der Waals surface area contributed by atoms with Crippen molar-refractivity contribution in [1.29, 1.82) is 0 Å². The van der Waals surface area contributed by atoms with E-state index in [0.717, 1.165) is 11.3 Å². The lowest BCUT2D eigenvalue weighted by Crippen LogP contribution is -2.28. The van der Waals surface area contributed by atoms with Crippen LogP contribution in [0.1, 0.15) is 15.9 Å². The van der Waals surface area contributed by atoms with Crippen molar-refractivity contribution in [2.24, 2.45) is 5.73 Å². The van der Waals surface area contributed by atoms with Crippen LogP contribution in [0.4, 0.5) is 0 Å². The Morgan fingerprint density at radius 1 is 1.04 bits per heavy atom. The minimum atomic E-state index is -0.595. The smallest absolute Gasteiger partial charge is 0.255 e. The Balaban J connectivity index is 1.88. The number of rotatable bonds is 9. The summed E-state index contributed by atoms with van der Waals surface area (Å²) in [4.78, 5) is 23.0. The van der Waals surface area contributed by atoms with Gasteiger partial charge in [-0.25, -0.2) is 0 Å². The Morgan fingerprint density at radius 3 is 2.50 bits per heavy atom. The molecule has 3 N–H and O–H groups in total. The fourth-order valence-corrected chi connectivity index (χ4v) is 2.22. The Bertz CT molecular complexity index is 776. The third-order valence-corrected chi connectivity index (χ3v) is 3.53. The zero-order valence-electron chi connectivity index (χ0n) is 14.8. The molecule has 0 aliphatic rings. The van der Waals surface area contributed by atoms with Gasteiger partial charge < -0.3 is 25.3 Å². The molecule has 2 rings (SSSR count). The second kappa shape index (κ2) is 9.31. The first kappa shape index (κ1) is 19.1. The van der Waals surface area contributed by atoms with Crippen LogP contribution in [0.3, 0.4) is 0 Å². The van der Waals surface area contributed by atoms with Crippen molar-refractivity contribution in [3.63, 3.8) is 0 Å². The molecule has 7 heteroatoms. The summed E-state index contributed by atoms with van der Waals surface area (Å²) in [6, 6.07) is 12.4. The van der Waals surface area contributed by atoms with Crippen molar-refractivity contribution in [2.45, 2.75) is 6.92 Å². The van der Waals surface area contributed by atoms with Crippen LogP contribution in [0.2, 0.25) is 0 Å². The molecule has 2 aromatic carbocycles. The summed E-state index contributed by atoms with van der Waals surface area (Å²) < 4.78 is 16.1. The number of carbonyl (C=O) groups is 2. The van der Waals surface area contributed by atoms with Crippen LogP contribution in [-0.4, -0.2) is 38.7 Å². The van der Waals surface area contributed by atoms with E-state index in [4.69, 9.17) is 19.9 Å². The topological polar surface area (TPSA) is 99.9 Å². The molecule has 0 aromatic heterocycles. The van der Waals surface area contributed by atoms with Gasteiger partial charge in [0.15, 0.2) is 18.1 Å². The predicted octanol–water partition coefficient (Wildman–Crippen LogP) is 1.68. The van der Waals surface area contributed by atoms with E-state index in [1.807, 2.05) is 31.2 Å². The molecule has 0 saturated heterocycles. The zero-order chi connectivity index (χ0) is 18.9. The Hall–Kier alpha value is -3.22. The number of hydrogen-bond donors (Lipinski definition) is 2. The van der Waals surface area contributed by atoms with Crippen molar-refractivity contribution in [3.8, 4) is 17.2 Å². The molecule has 0 aliphatic heterocycles. The number of amides is 2. The summed E-state index contributed by atoms with van der Waals surface area (Å²) in [5, 5.41) is 2.78. The number of primary amides is 1. The van der Waals surface area contributed by atoms with E-state index in [9.17, 15) is 9.59 Å². The highest BCUT2D eigenvalue weighted by molar-refractivity contribution is 5.94. The summed E-state index contributed by atoms with van der Waals surface area (Å²) in [7, 11) is 1.45. The van der Waals surface area contributed by atoms with Crippen LogP contribution in [0, 0.1) is 6.92 Å². The number of benzene rings is 2. The van der Waals surface area contributed by atoms with Crippen molar-refractivity contribution in [1.82, 2.24) is 5.32 Å². The zero-order valence-corrected chi connectivity index (χ0v) is 14.8. The summed E-state index contributed by atoms with van der Waals surface area (Å²) in [5.41, 5.74) is 6.49. The standard InChI is InChI=1S/C19H22N2O5/c1-13-5-3-4-6-15(13)25-10-9-21-19(23)14-7-8-16(17(11-14)24-2)26-12-18(20)22/h3-8,11H,9-10,12H2,1-2H3,(H2,20,22)(H,21,23). The van der Waals surface area contributed by atoms with Gasteiger partial charge >= 0.3 is 0 Å². The summed E-state index contributed by atoms with van der Waals surface area (Å²) in [6.07, 6.45) is 0. The fraction of sp³-hybridized carbons (Fsp3) is 0.263. The van der Waals surface area contributed by atoms with Crippen molar-refractivity contribution in [2.75, 3.05) is 26.9 Å². The fourth-order valence-electron chi connectivity index (χ4n) is 2.22. The molecule has 7 nitrogen and oxygen atoms in total. The molecule has 0 fully saturated rings. The molecule has 0 atom stereocenters. The Labute approximate surface area is 152 Å². The first-order chi connectivity index (χ1) is 12.5. The van der Waals surface area contributed by atoms with Gasteiger partial charge in [0.2, 0.25) is 0 Å². The average Bonchev–Trinajstić information content (AvgIpc) is 2.64. The van der Waals surface area contributed by atoms with E-state index in [2.05, 4.69) is 5.32 Å². The monoisotopic (exact) mass is 358 g/mol. The minimum absolute atomic E-state index is 0.266. The molecule has 138 valence electrons. The molecule has 0 radical (unpaired) electrons. The highest BCUT2D eigenvalue weighted by atomic mass is 16.5. The average molecular weight is 358 g/mol. The second-order valence-electron chi connectivity index (χ2n) is 5.49. The maximum atomic E-state index is 12.2. The van der Waals surface area contributed by atoms with E-state index < -0.39 is 5.91 Å². The first-order valence-electron chi connectivity index (χ1n) is 8.07. The largest absolute Gasteiger partial charge is 0.493 e. The lowest BCUT2D eigenvalue weighted by Gasteiger charge is -2.12. The summed E-state index contributed by atoms with van der Waals surface area (Å²) >= 11 is 0. The molecule has 0 aliphatic carbocycles. The van der Waals surface area contributed by atoms with Gasteiger partial charge in [0.25, 0.3) is 11.8 Å². The maximum Gasteiger partial charge on any atom is 0.255 e. The van der Waals surface area contributed by atoms with Gasteiger partial charge in [-0.05, 0) is 36.8 Å². The maximum absolute atomic E-state index is 12.2. The summed E-state index contributed by atoms with van der Waals surface area (Å²) in [6.45, 7) is 2.41. The first-order valence-corrected chi connectivity index (χ1v) is 8.07. The number of aryl methyl sites for hydroxylation is 1. The number of methoxy groups -OCH3 is 1. The molecular formula is C19H22N2O5. The van der Waals surface area contributed by atoms with Gasteiger partial charge in [-0.15, -0.1) is 0 Å². The number of carbonyl (C=O) groups excluding carboxylic acids is 2. The van der Waals surface area contributed by atoms with Gasteiger partial charge in [-0.2, -0.15) is 0 Å². The van der Waals surface area contributed by atoms with Crippen LogP contribution in [0.15, 0.2) is 42.5 Å². The molecule has 0 bridgehead atoms. The predicted molar refractivity (Wildman–Crippen MR) is 96.7 cm³/mol. The van der Waals surface area contributed by atoms with Crippen molar-refractivity contribution >= 4 is 11.8 Å². The molecule has 0 unspecified atom stereocenters. The lowest BCUT2D eigenvalue weighted by atomic mass is 10.2. The lowest BCUT2D eigenvalue weighted by molar-refractivity contribution is -0.119. The van der Waals surface area contributed by atoms with Crippen molar-refractivity contribution in [3.05, 3.63) is 53.6 Å². The molecule has 0 saturated carbocycles. The third kappa shape index (κ3) is 5.41. The van der Waals surface area contributed by atoms with Gasteiger partial charge in [-0.1, -0.05) is 18.2 Å². The van der Waals surface area contributed by atoms with E-state index in [-0.39, 0.29) is 12.5 Å². The molecule has 2 amide bonds. The Kier molecular flexibility index (Phi) is 6.84. The minimum Gasteiger partial charge on any atom is -0.493 e. The van der Waals surface area contributed by atoms with Gasteiger partial charge in [0.05, 0.1) is 13.7 Å². The van der Waals surface area contributed by atoms with E-state index in [1.165, 1.54) is 13.2 Å². The number of nitrogens with two attached hydrogens (primary N) is 1. The van der Waals surface area contributed by atoms with E-state index in [1.54, 1.807) is 12.1 Å². The van der Waals surface area contributed by atoms with Crippen LogP contribution < -0.4 is 25.3 Å². The molecule has 0 heterocycles. The van der Waals surface area contributed by atoms with Gasteiger partial charge in [0, 0.05) is 5.56 Å². The van der Waals surface area contributed by atoms with E-state index in [0.29, 0.717) is 30.2 Å². The van der Waals surface area contributed by atoms with Crippen LogP contribution in [0.25, 0.3) is 0 Å². The Morgan fingerprint density at radius 2 is 1.81 bits per heavy atom. The SMILES string of the molecule is COc1cc(C(=O)NCCOc2ccccc2C)ccc1OCC(N)=O. The van der Waals surface area contributed by atoms with Crippen molar-refractivity contribution < 1.29 is 23.8 Å². The van der Waals surface area contributed by atoms with E-state index >= 15 is 0 Å². The van der Waals surface area contributed by atoms with Crippen LogP contribution >= 0.6 is 0 Å². The number of hydrogen-bond acceptors (Lipinski definition) is 5. The number of nitrogens with one attached hydrogen (secondary N) is 1. The second-order valence-corrected chi connectivity index (χ2v) is 5.49. The van der Waals surface area contributed by atoms with Gasteiger partial charge in [-0.3, -0.25) is 9.59 Å². The van der Waals surface area contributed by atoms with Crippen LogP contribution in [0.5, 0.6) is 17.2 Å².